The Bertz CT molecular complexity index is 235. The van der Waals surface area contributed by atoms with E-state index in [-0.39, 0.29) is 5.41 Å². The van der Waals surface area contributed by atoms with Crippen LogP contribution in [0.25, 0.3) is 0 Å². The molecule has 1 N–H and O–H groups in total. The molecule has 1 aliphatic carbocycles. The normalized spacial score (nSPS) is 30.6. The molecule has 3 nitrogen and oxygen atoms in total. The van der Waals surface area contributed by atoms with Crippen LogP contribution < -0.4 is 5.32 Å². The molecule has 0 aromatic carbocycles. The molecular weight excluding hydrogens is 176 g/mol. The average Bonchev–Trinajstić information content (AvgIpc) is 2.81. The zero-order valence-electron chi connectivity index (χ0n) is 9.18. The molecule has 0 radical (unpaired) electrons. The Morgan fingerprint density at radius 3 is 2.71 bits per heavy atom. The van der Waals surface area contributed by atoms with E-state index >= 15 is 0 Å². The van der Waals surface area contributed by atoms with E-state index in [1.54, 1.807) is 0 Å². The number of hydrogen-bond acceptors (Lipinski definition) is 3. The van der Waals surface area contributed by atoms with Gasteiger partial charge < -0.3 is 10.2 Å². The first-order chi connectivity index (χ1) is 6.68. The van der Waals surface area contributed by atoms with Crippen LogP contribution in [0.5, 0.6) is 0 Å². The first-order valence-electron chi connectivity index (χ1n) is 5.55. The molecule has 1 atom stereocenters. The van der Waals surface area contributed by atoms with Gasteiger partial charge >= 0.3 is 0 Å². The molecule has 0 spiro atoms. The van der Waals surface area contributed by atoms with Crippen LogP contribution in [-0.2, 0) is 4.79 Å². The molecule has 3 heteroatoms. The maximum Gasteiger partial charge on any atom is 0.144 e. The van der Waals surface area contributed by atoms with Gasteiger partial charge in [0.1, 0.15) is 5.78 Å². The van der Waals surface area contributed by atoms with Crippen LogP contribution in [0.1, 0.15) is 19.3 Å². The molecule has 2 fully saturated rings. The number of rotatable bonds is 4. The maximum atomic E-state index is 12.2. The van der Waals surface area contributed by atoms with Gasteiger partial charge in [-0.1, -0.05) is 0 Å². The Labute approximate surface area is 85.8 Å². The van der Waals surface area contributed by atoms with Crippen LogP contribution in [0.15, 0.2) is 0 Å². The number of Topliss-reactive ketones (excluding diaryl/α,β-unsaturated/α-hetero) is 1. The molecule has 2 aliphatic rings. The minimum atomic E-state index is 0.0323. The van der Waals surface area contributed by atoms with Gasteiger partial charge in [-0.05, 0) is 39.9 Å². The zero-order valence-corrected chi connectivity index (χ0v) is 9.18. The van der Waals surface area contributed by atoms with Crippen LogP contribution >= 0.6 is 0 Å². The summed E-state index contributed by atoms with van der Waals surface area (Å²) in [5.74, 6) is 0.840. The molecule has 0 amide bonds. The van der Waals surface area contributed by atoms with Gasteiger partial charge in [-0.15, -0.1) is 0 Å². The summed E-state index contributed by atoms with van der Waals surface area (Å²) in [4.78, 5) is 14.5. The van der Waals surface area contributed by atoms with E-state index in [0.717, 1.165) is 38.9 Å². The monoisotopic (exact) mass is 196 g/mol. The minimum absolute atomic E-state index is 0.0323. The second kappa shape index (κ2) is 3.63. The molecule has 80 valence electrons. The van der Waals surface area contributed by atoms with Crippen LogP contribution in [-0.4, -0.2) is 44.4 Å². The second-order valence-corrected chi connectivity index (χ2v) is 4.92. The molecule has 0 aromatic rings. The van der Waals surface area contributed by atoms with Crippen molar-refractivity contribution < 1.29 is 4.79 Å². The Hall–Kier alpha value is -0.410. The van der Waals surface area contributed by atoms with Gasteiger partial charge in [0.15, 0.2) is 0 Å². The van der Waals surface area contributed by atoms with Crippen molar-refractivity contribution in [3.05, 3.63) is 0 Å². The largest absolute Gasteiger partial charge is 0.319 e. The molecule has 1 saturated heterocycles. The third kappa shape index (κ3) is 1.71. The highest BCUT2D eigenvalue weighted by atomic mass is 16.1. The van der Waals surface area contributed by atoms with E-state index in [9.17, 15) is 4.79 Å². The summed E-state index contributed by atoms with van der Waals surface area (Å²) in [5.41, 5.74) is 0.0323. The molecule has 2 rings (SSSR count). The van der Waals surface area contributed by atoms with Crippen molar-refractivity contribution in [1.29, 1.82) is 0 Å². The van der Waals surface area contributed by atoms with E-state index in [0.29, 0.717) is 11.7 Å². The molecule has 14 heavy (non-hydrogen) atoms. The van der Waals surface area contributed by atoms with Crippen LogP contribution in [0.3, 0.4) is 0 Å². The third-order valence-electron chi connectivity index (χ3n) is 3.65. The SMILES string of the molecule is CNCC1(C(=O)C2CCN(C)C2)CC1. The lowest BCUT2D eigenvalue weighted by molar-refractivity contribution is -0.127. The first-order valence-corrected chi connectivity index (χ1v) is 5.55. The van der Waals surface area contributed by atoms with Crippen LogP contribution in [0, 0.1) is 11.3 Å². The number of nitrogens with one attached hydrogen (secondary N) is 1. The lowest BCUT2D eigenvalue weighted by Gasteiger charge is -2.17. The topological polar surface area (TPSA) is 32.3 Å². The van der Waals surface area contributed by atoms with Gasteiger partial charge in [0, 0.05) is 24.4 Å². The van der Waals surface area contributed by atoms with Gasteiger partial charge in [0.05, 0.1) is 0 Å². The maximum absolute atomic E-state index is 12.2. The van der Waals surface area contributed by atoms with Crippen molar-refractivity contribution in [3.63, 3.8) is 0 Å². The summed E-state index contributed by atoms with van der Waals surface area (Å²) in [5, 5.41) is 3.15. The van der Waals surface area contributed by atoms with Gasteiger partial charge in [-0.25, -0.2) is 0 Å². The minimum Gasteiger partial charge on any atom is -0.319 e. The van der Waals surface area contributed by atoms with Crippen molar-refractivity contribution >= 4 is 5.78 Å². The number of carbonyl (C=O) groups excluding carboxylic acids is 1. The fourth-order valence-electron chi connectivity index (χ4n) is 2.58. The van der Waals surface area contributed by atoms with Crippen LogP contribution in [0.4, 0.5) is 0 Å². The van der Waals surface area contributed by atoms with Crippen molar-refractivity contribution in [2.24, 2.45) is 11.3 Å². The highest BCUT2D eigenvalue weighted by Crippen LogP contribution is 2.48. The van der Waals surface area contributed by atoms with E-state index in [4.69, 9.17) is 0 Å². The van der Waals surface area contributed by atoms with E-state index in [2.05, 4.69) is 17.3 Å². The van der Waals surface area contributed by atoms with Gasteiger partial charge in [-0.2, -0.15) is 0 Å². The third-order valence-corrected chi connectivity index (χ3v) is 3.65. The van der Waals surface area contributed by atoms with E-state index in [1.165, 1.54) is 0 Å². The summed E-state index contributed by atoms with van der Waals surface area (Å²) in [7, 11) is 4.04. The molecule has 0 bridgehead atoms. The lowest BCUT2D eigenvalue weighted by atomic mass is 9.89. The van der Waals surface area contributed by atoms with Gasteiger partial charge in [0.2, 0.25) is 0 Å². The highest BCUT2D eigenvalue weighted by Gasteiger charge is 2.51. The fraction of sp³-hybridized carbons (Fsp3) is 0.909. The summed E-state index contributed by atoms with van der Waals surface area (Å²) in [6.45, 7) is 2.95. The molecule has 1 aliphatic heterocycles. The standard InChI is InChI=1S/C11H20N2O/c1-12-8-11(4-5-11)10(14)9-3-6-13(2)7-9/h9,12H,3-8H2,1-2H3. The summed E-state index contributed by atoms with van der Waals surface area (Å²) in [6, 6.07) is 0. The molecule has 0 aromatic heterocycles. The molecular formula is C11H20N2O. The number of nitrogens with zero attached hydrogens (tertiary/aromatic N) is 1. The average molecular weight is 196 g/mol. The Morgan fingerprint density at radius 1 is 1.57 bits per heavy atom. The predicted molar refractivity (Wildman–Crippen MR) is 56.2 cm³/mol. The number of likely N-dealkylation sites (tertiary alicyclic amines) is 1. The molecule has 1 heterocycles. The van der Waals surface area contributed by atoms with Crippen molar-refractivity contribution in [2.75, 3.05) is 33.7 Å². The summed E-state index contributed by atoms with van der Waals surface area (Å²) >= 11 is 0. The zero-order chi connectivity index (χ0) is 10.2. The Balaban J connectivity index is 1.95. The molecule has 1 unspecified atom stereocenters. The fourth-order valence-corrected chi connectivity index (χ4v) is 2.58. The highest BCUT2D eigenvalue weighted by molar-refractivity contribution is 5.90. The van der Waals surface area contributed by atoms with E-state index < -0.39 is 0 Å². The quantitative estimate of drug-likeness (QED) is 0.711. The smallest absolute Gasteiger partial charge is 0.144 e. The second-order valence-electron chi connectivity index (χ2n) is 4.92. The molecule has 1 saturated carbocycles. The van der Waals surface area contributed by atoms with Crippen molar-refractivity contribution in [1.82, 2.24) is 10.2 Å². The number of carbonyl (C=O) groups is 1. The van der Waals surface area contributed by atoms with E-state index in [1.807, 2.05) is 7.05 Å². The van der Waals surface area contributed by atoms with Crippen LogP contribution in [0.2, 0.25) is 0 Å². The Morgan fingerprint density at radius 2 is 2.29 bits per heavy atom. The number of hydrogen-bond donors (Lipinski definition) is 1. The summed E-state index contributed by atoms with van der Waals surface area (Å²) in [6.07, 6.45) is 3.28. The van der Waals surface area contributed by atoms with Gasteiger partial charge in [-0.3, -0.25) is 4.79 Å². The van der Waals surface area contributed by atoms with Crippen molar-refractivity contribution in [3.8, 4) is 0 Å². The van der Waals surface area contributed by atoms with Crippen molar-refractivity contribution in [2.45, 2.75) is 19.3 Å². The van der Waals surface area contributed by atoms with Gasteiger partial charge in [0.25, 0.3) is 0 Å². The summed E-state index contributed by atoms with van der Waals surface area (Å²) < 4.78 is 0. The first kappa shape index (κ1) is 10.1. The predicted octanol–water partition coefficient (Wildman–Crippen LogP) is 0.507. The lowest BCUT2D eigenvalue weighted by Crippen LogP contribution is -2.33. The number of ketones is 1. The Kier molecular flexibility index (Phi) is 2.62.